The van der Waals surface area contributed by atoms with Crippen LogP contribution in [0.15, 0.2) is 44.4 Å². The molecule has 0 spiro atoms. The smallest absolute Gasteiger partial charge is 0.181 e. The summed E-state index contributed by atoms with van der Waals surface area (Å²) in [6.07, 6.45) is 0. The lowest BCUT2D eigenvalue weighted by Gasteiger charge is -2.20. The van der Waals surface area contributed by atoms with Gasteiger partial charge < -0.3 is 5.21 Å². The topological polar surface area (TPSA) is 95.4 Å². The van der Waals surface area contributed by atoms with E-state index in [4.69, 9.17) is 0 Å². The van der Waals surface area contributed by atoms with Crippen LogP contribution in [0.25, 0.3) is 0 Å². The molecule has 3 rings (SSSR count). The number of rotatable bonds is 3. The van der Waals surface area contributed by atoms with Crippen LogP contribution in [0.3, 0.4) is 0 Å². The average Bonchev–Trinajstić information content (AvgIpc) is 3.00. The van der Waals surface area contributed by atoms with Gasteiger partial charge in [0.05, 0.1) is 16.3 Å². The van der Waals surface area contributed by atoms with Gasteiger partial charge in [0.2, 0.25) is 0 Å². The van der Waals surface area contributed by atoms with Crippen molar-refractivity contribution in [2.24, 2.45) is 5.16 Å². The lowest BCUT2D eigenvalue weighted by atomic mass is 9.87. The molecule has 0 radical (unpaired) electrons. The first kappa shape index (κ1) is 17.9. The molecule has 2 N–H and O–H groups in total. The summed E-state index contributed by atoms with van der Waals surface area (Å²) in [6, 6.07) is 7.55. The second-order valence-electron chi connectivity index (χ2n) is 6.13. The molecule has 0 fully saturated rings. The van der Waals surface area contributed by atoms with Gasteiger partial charge >= 0.3 is 0 Å². The maximum atomic E-state index is 12.9. The number of benzene rings is 1. The van der Waals surface area contributed by atoms with E-state index in [1.54, 1.807) is 6.92 Å². The molecule has 1 atom stereocenters. The molecule has 132 valence electrons. The molecule has 0 aliphatic carbocycles. The Morgan fingerprint density at radius 3 is 2.36 bits per heavy atom. The molecule has 1 aromatic carbocycles. The first-order chi connectivity index (χ1) is 11.8. The van der Waals surface area contributed by atoms with Gasteiger partial charge in [-0.25, -0.2) is 8.42 Å². The van der Waals surface area contributed by atoms with Crippen LogP contribution >= 0.6 is 15.9 Å². The Hall–Kier alpha value is -1.93. The molecular weight excluding hydrogens is 406 g/mol. The fourth-order valence-corrected chi connectivity index (χ4v) is 5.58. The number of halogens is 1. The van der Waals surface area contributed by atoms with Crippen molar-refractivity contribution in [1.82, 2.24) is 10.2 Å². The number of nitrogens with zero attached hydrogens (tertiary/aromatic N) is 2. The zero-order valence-corrected chi connectivity index (χ0v) is 16.4. The Bertz CT molecular complexity index is 969. The largest absolute Gasteiger partial charge is 0.411 e. The number of hydrogen-bond acceptors (Lipinski definition) is 5. The highest BCUT2D eigenvalue weighted by Gasteiger charge is 2.40. The summed E-state index contributed by atoms with van der Waals surface area (Å²) in [7, 11) is -3.58. The van der Waals surface area contributed by atoms with Gasteiger partial charge in [0.1, 0.15) is 5.75 Å². The molecule has 0 saturated heterocycles. The second kappa shape index (κ2) is 6.42. The van der Waals surface area contributed by atoms with E-state index in [1.165, 1.54) is 0 Å². The summed E-state index contributed by atoms with van der Waals surface area (Å²) < 4.78 is 26.6. The van der Waals surface area contributed by atoms with Crippen LogP contribution in [0.5, 0.6) is 0 Å². The Kier molecular flexibility index (Phi) is 4.59. The fourth-order valence-electron chi connectivity index (χ4n) is 3.33. The van der Waals surface area contributed by atoms with Crippen LogP contribution in [-0.2, 0) is 9.84 Å². The van der Waals surface area contributed by atoms with E-state index in [9.17, 15) is 13.6 Å². The maximum absolute atomic E-state index is 12.9. The predicted octanol–water partition coefficient (Wildman–Crippen LogP) is 3.45. The highest BCUT2D eigenvalue weighted by atomic mass is 79.9. The molecule has 8 heteroatoms. The molecule has 1 unspecified atom stereocenters. The molecule has 1 aromatic heterocycles. The summed E-state index contributed by atoms with van der Waals surface area (Å²) in [4.78, 5) is 0.273. The SMILES string of the molecule is CC1=C(C(c2ccc(Br)cc2)c2c(C)n[nH]c2C)S(=O)(=O)CC1=NO. The first-order valence-corrected chi connectivity index (χ1v) is 10.1. The molecule has 0 amide bonds. The van der Waals surface area contributed by atoms with Gasteiger partial charge in [0.15, 0.2) is 9.84 Å². The Morgan fingerprint density at radius 1 is 1.24 bits per heavy atom. The fraction of sp³-hybridized carbons (Fsp3) is 0.294. The number of aromatic nitrogens is 2. The second-order valence-corrected chi connectivity index (χ2v) is 9.00. The van der Waals surface area contributed by atoms with Gasteiger partial charge in [0, 0.05) is 21.6 Å². The van der Waals surface area contributed by atoms with Crippen LogP contribution in [0.1, 0.15) is 35.4 Å². The van der Waals surface area contributed by atoms with Crippen molar-refractivity contribution in [2.75, 3.05) is 5.75 Å². The summed E-state index contributed by atoms with van der Waals surface area (Å²) >= 11 is 3.41. The van der Waals surface area contributed by atoms with E-state index in [-0.39, 0.29) is 16.4 Å². The highest BCUT2D eigenvalue weighted by molar-refractivity contribution is 9.10. The number of sulfone groups is 1. The number of H-pyrrole nitrogens is 1. The molecule has 1 aliphatic rings. The van der Waals surface area contributed by atoms with E-state index in [1.807, 2.05) is 38.1 Å². The third-order valence-corrected chi connectivity index (χ3v) is 6.92. The molecule has 25 heavy (non-hydrogen) atoms. The third kappa shape index (κ3) is 3.04. The van der Waals surface area contributed by atoms with Gasteiger partial charge in [-0.3, -0.25) is 5.10 Å². The minimum Gasteiger partial charge on any atom is -0.411 e. The van der Waals surface area contributed by atoms with Crippen molar-refractivity contribution in [3.05, 3.63) is 61.7 Å². The zero-order chi connectivity index (χ0) is 18.4. The van der Waals surface area contributed by atoms with Gasteiger partial charge in [-0.05, 0) is 44.0 Å². The van der Waals surface area contributed by atoms with Crippen molar-refractivity contribution in [1.29, 1.82) is 0 Å². The van der Waals surface area contributed by atoms with Gasteiger partial charge in [0.25, 0.3) is 0 Å². The Morgan fingerprint density at radius 2 is 1.88 bits per heavy atom. The minimum atomic E-state index is -3.58. The van der Waals surface area contributed by atoms with Crippen LogP contribution in [0.2, 0.25) is 0 Å². The number of hydrogen-bond donors (Lipinski definition) is 2. The summed E-state index contributed by atoms with van der Waals surface area (Å²) in [5, 5.41) is 19.5. The molecule has 6 nitrogen and oxygen atoms in total. The van der Waals surface area contributed by atoms with Crippen molar-refractivity contribution in [3.63, 3.8) is 0 Å². The van der Waals surface area contributed by atoms with Gasteiger partial charge in [-0.1, -0.05) is 33.2 Å². The molecule has 1 aliphatic heterocycles. The number of nitrogens with one attached hydrogen (secondary N) is 1. The molecular formula is C17H18BrN3O3S. The van der Waals surface area contributed by atoms with Crippen molar-refractivity contribution < 1.29 is 13.6 Å². The van der Waals surface area contributed by atoms with Gasteiger partial charge in [-0.15, -0.1) is 0 Å². The maximum Gasteiger partial charge on any atom is 0.181 e. The van der Waals surface area contributed by atoms with E-state index < -0.39 is 15.8 Å². The number of aryl methyl sites for hydroxylation is 2. The van der Waals surface area contributed by atoms with E-state index in [2.05, 4.69) is 31.3 Å². The number of allylic oxidation sites excluding steroid dienone is 2. The number of oxime groups is 1. The minimum absolute atomic E-state index is 0.191. The van der Waals surface area contributed by atoms with E-state index in [0.717, 1.165) is 27.0 Å². The van der Waals surface area contributed by atoms with E-state index >= 15 is 0 Å². The van der Waals surface area contributed by atoms with Crippen LogP contribution < -0.4 is 0 Å². The third-order valence-electron chi connectivity index (χ3n) is 4.52. The van der Waals surface area contributed by atoms with Crippen molar-refractivity contribution >= 4 is 31.5 Å². The Labute approximate surface area is 154 Å². The zero-order valence-electron chi connectivity index (χ0n) is 14.0. The first-order valence-electron chi connectivity index (χ1n) is 7.68. The monoisotopic (exact) mass is 423 g/mol. The standard InChI is InChI=1S/C17H18BrN3O3S/c1-9-14(21-22)8-25(23,24)17(9)16(12-4-6-13(18)7-5-12)15-10(2)19-20-11(15)3/h4-7,16,22H,8H2,1-3H3,(H,19,20). The Balaban J connectivity index is 2.33. The number of aromatic amines is 1. The average molecular weight is 424 g/mol. The lowest BCUT2D eigenvalue weighted by Crippen LogP contribution is -2.14. The van der Waals surface area contributed by atoms with Crippen LogP contribution in [-0.4, -0.2) is 35.3 Å². The summed E-state index contributed by atoms with van der Waals surface area (Å²) in [6.45, 7) is 5.41. The highest BCUT2D eigenvalue weighted by Crippen LogP contribution is 2.42. The molecule has 0 saturated carbocycles. The van der Waals surface area contributed by atoms with E-state index in [0.29, 0.717) is 5.57 Å². The summed E-state index contributed by atoms with van der Waals surface area (Å²) in [5.74, 6) is -0.788. The molecule has 2 heterocycles. The van der Waals surface area contributed by atoms with Crippen molar-refractivity contribution in [3.8, 4) is 0 Å². The summed E-state index contributed by atoms with van der Waals surface area (Å²) in [5.41, 5.74) is 3.92. The molecule has 0 bridgehead atoms. The quantitative estimate of drug-likeness (QED) is 0.583. The predicted molar refractivity (Wildman–Crippen MR) is 99.8 cm³/mol. The van der Waals surface area contributed by atoms with Crippen LogP contribution in [0, 0.1) is 13.8 Å². The lowest BCUT2D eigenvalue weighted by molar-refractivity contribution is 0.319. The van der Waals surface area contributed by atoms with Crippen molar-refractivity contribution in [2.45, 2.75) is 26.7 Å². The molecule has 2 aromatic rings. The van der Waals surface area contributed by atoms with Crippen LogP contribution in [0.4, 0.5) is 0 Å². The normalized spacial score (nSPS) is 19.6. The van der Waals surface area contributed by atoms with Gasteiger partial charge in [-0.2, -0.15) is 5.10 Å².